The highest BCUT2D eigenvalue weighted by Crippen LogP contribution is 2.17. The maximum Gasteiger partial charge on any atom is 0.147 e. The van der Waals surface area contributed by atoms with Crippen molar-refractivity contribution in [2.45, 2.75) is 26.3 Å². The first-order valence-corrected chi connectivity index (χ1v) is 5.35. The summed E-state index contributed by atoms with van der Waals surface area (Å²) in [5.41, 5.74) is 2.18. The summed E-state index contributed by atoms with van der Waals surface area (Å²) in [7, 11) is 1.80. The number of benzene rings is 1. The summed E-state index contributed by atoms with van der Waals surface area (Å²) >= 11 is 5.93. The third-order valence-electron chi connectivity index (χ3n) is 2.50. The summed E-state index contributed by atoms with van der Waals surface area (Å²) in [6.07, 6.45) is 0.712. The van der Waals surface area contributed by atoms with Gasteiger partial charge in [-0.05, 0) is 44.5 Å². The molecule has 82 valence electrons. The minimum Gasteiger partial charge on any atom is -0.310 e. The lowest BCUT2D eigenvalue weighted by Gasteiger charge is -2.13. The molecule has 15 heavy (non-hydrogen) atoms. The van der Waals surface area contributed by atoms with Crippen LogP contribution in [0.25, 0.3) is 0 Å². The molecule has 0 bridgehead atoms. The molecule has 0 radical (unpaired) electrons. The van der Waals surface area contributed by atoms with Crippen LogP contribution in [-0.2, 0) is 11.2 Å². The van der Waals surface area contributed by atoms with Crippen LogP contribution in [0.1, 0.15) is 18.1 Å². The Morgan fingerprint density at radius 1 is 1.53 bits per heavy atom. The maximum absolute atomic E-state index is 11.2. The van der Waals surface area contributed by atoms with Crippen LogP contribution in [0.15, 0.2) is 18.2 Å². The highest BCUT2D eigenvalue weighted by molar-refractivity contribution is 6.31. The normalized spacial score (nSPS) is 12.5. The van der Waals surface area contributed by atoms with Gasteiger partial charge in [0.2, 0.25) is 0 Å². The van der Waals surface area contributed by atoms with Gasteiger partial charge in [-0.2, -0.15) is 0 Å². The summed E-state index contributed by atoms with van der Waals surface area (Å²) < 4.78 is 0. The fraction of sp³-hybridized carbons (Fsp3) is 0.417. The molecule has 0 spiro atoms. The number of hydrogen-bond acceptors (Lipinski definition) is 2. The topological polar surface area (TPSA) is 29.1 Å². The van der Waals surface area contributed by atoms with Crippen LogP contribution in [0.2, 0.25) is 5.02 Å². The average molecular weight is 226 g/mol. The third-order valence-corrected chi connectivity index (χ3v) is 2.93. The molecule has 0 aliphatic heterocycles. The Hall–Kier alpha value is -0.860. The fourth-order valence-corrected chi connectivity index (χ4v) is 1.64. The van der Waals surface area contributed by atoms with E-state index in [0.29, 0.717) is 6.42 Å². The largest absolute Gasteiger partial charge is 0.310 e. The summed E-state index contributed by atoms with van der Waals surface area (Å²) in [5.74, 6) is 0.158. The number of likely N-dealkylation sites (N-methyl/N-ethyl adjacent to an activating group) is 1. The first-order valence-electron chi connectivity index (χ1n) is 4.97. The van der Waals surface area contributed by atoms with Crippen molar-refractivity contribution in [1.29, 1.82) is 0 Å². The molecule has 0 saturated carbocycles. The van der Waals surface area contributed by atoms with Gasteiger partial charge in [-0.15, -0.1) is 0 Å². The molecule has 0 aromatic heterocycles. The lowest BCUT2D eigenvalue weighted by Crippen LogP contribution is -2.34. The van der Waals surface area contributed by atoms with Gasteiger partial charge in [-0.25, -0.2) is 0 Å². The molecule has 0 fully saturated rings. The van der Waals surface area contributed by atoms with E-state index in [-0.39, 0.29) is 11.8 Å². The molecule has 1 N–H and O–H groups in total. The van der Waals surface area contributed by atoms with Crippen LogP contribution >= 0.6 is 11.6 Å². The Morgan fingerprint density at radius 2 is 2.20 bits per heavy atom. The smallest absolute Gasteiger partial charge is 0.147 e. The van der Waals surface area contributed by atoms with E-state index in [1.165, 1.54) is 0 Å². The molecule has 1 unspecified atom stereocenters. The van der Waals surface area contributed by atoms with E-state index < -0.39 is 0 Å². The number of rotatable bonds is 4. The molecule has 0 heterocycles. The third kappa shape index (κ3) is 3.33. The second-order valence-electron chi connectivity index (χ2n) is 3.74. The molecule has 1 aromatic rings. The van der Waals surface area contributed by atoms with Crippen LogP contribution in [0.4, 0.5) is 0 Å². The molecular weight excluding hydrogens is 210 g/mol. The lowest BCUT2D eigenvalue weighted by molar-refractivity contribution is -0.118. The van der Waals surface area contributed by atoms with Crippen molar-refractivity contribution in [3.8, 4) is 0 Å². The minimum absolute atomic E-state index is 0.106. The van der Waals surface area contributed by atoms with Gasteiger partial charge >= 0.3 is 0 Å². The summed E-state index contributed by atoms with van der Waals surface area (Å²) in [5, 5.41) is 3.77. The van der Waals surface area contributed by atoms with Crippen LogP contribution in [-0.4, -0.2) is 18.9 Å². The van der Waals surface area contributed by atoms with E-state index >= 15 is 0 Å². The SMILES string of the molecule is CNC(Cc1ccc(Cl)c(C)c1)C(C)=O. The van der Waals surface area contributed by atoms with Crippen LogP contribution in [0, 0.1) is 6.92 Å². The predicted octanol–water partition coefficient (Wildman–Crippen LogP) is 2.37. The van der Waals surface area contributed by atoms with E-state index in [1.807, 2.05) is 25.1 Å². The molecule has 0 aliphatic carbocycles. The summed E-state index contributed by atoms with van der Waals surface area (Å²) in [6, 6.07) is 5.75. The second-order valence-corrected chi connectivity index (χ2v) is 4.15. The minimum atomic E-state index is -0.106. The van der Waals surface area contributed by atoms with Crippen molar-refractivity contribution in [1.82, 2.24) is 5.32 Å². The zero-order valence-electron chi connectivity index (χ0n) is 9.30. The van der Waals surface area contributed by atoms with Crippen molar-refractivity contribution >= 4 is 17.4 Å². The van der Waals surface area contributed by atoms with Crippen LogP contribution < -0.4 is 5.32 Å². The first-order chi connectivity index (χ1) is 7.04. The van der Waals surface area contributed by atoms with Gasteiger partial charge in [0.15, 0.2) is 0 Å². The second kappa shape index (κ2) is 5.29. The van der Waals surface area contributed by atoms with E-state index in [0.717, 1.165) is 16.1 Å². The Bertz CT molecular complexity index is 363. The molecular formula is C12H16ClNO. The fourth-order valence-electron chi connectivity index (χ4n) is 1.52. The molecule has 3 heteroatoms. The van der Waals surface area contributed by atoms with Gasteiger partial charge in [-0.3, -0.25) is 4.79 Å². The number of carbonyl (C=O) groups is 1. The van der Waals surface area contributed by atoms with Crippen LogP contribution in [0.5, 0.6) is 0 Å². The Kier molecular flexibility index (Phi) is 4.30. The van der Waals surface area contributed by atoms with Gasteiger partial charge in [0.05, 0.1) is 6.04 Å². The number of Topliss-reactive ketones (excluding diaryl/α,β-unsaturated/α-hetero) is 1. The molecule has 0 amide bonds. The molecule has 0 aliphatic rings. The number of carbonyl (C=O) groups excluding carboxylic acids is 1. The Balaban J connectivity index is 2.80. The van der Waals surface area contributed by atoms with Crippen molar-refractivity contribution < 1.29 is 4.79 Å². The summed E-state index contributed by atoms with van der Waals surface area (Å²) in [6.45, 7) is 3.57. The van der Waals surface area contributed by atoms with Crippen LogP contribution in [0.3, 0.4) is 0 Å². The molecule has 0 saturated heterocycles. The molecule has 1 atom stereocenters. The number of aryl methyl sites for hydroxylation is 1. The highest BCUT2D eigenvalue weighted by atomic mass is 35.5. The van der Waals surface area contributed by atoms with E-state index in [1.54, 1.807) is 14.0 Å². The number of halogens is 1. The van der Waals surface area contributed by atoms with E-state index in [4.69, 9.17) is 11.6 Å². The van der Waals surface area contributed by atoms with Gasteiger partial charge in [-0.1, -0.05) is 23.7 Å². The Morgan fingerprint density at radius 3 is 2.67 bits per heavy atom. The lowest BCUT2D eigenvalue weighted by atomic mass is 10.0. The van der Waals surface area contributed by atoms with Crippen molar-refractivity contribution in [2.75, 3.05) is 7.05 Å². The van der Waals surface area contributed by atoms with Crippen molar-refractivity contribution in [2.24, 2.45) is 0 Å². The quantitative estimate of drug-likeness (QED) is 0.853. The number of hydrogen-bond donors (Lipinski definition) is 1. The number of ketones is 1. The van der Waals surface area contributed by atoms with Gasteiger partial charge < -0.3 is 5.32 Å². The average Bonchev–Trinajstić information content (AvgIpc) is 2.19. The Labute approximate surface area is 95.6 Å². The van der Waals surface area contributed by atoms with Crippen molar-refractivity contribution in [3.63, 3.8) is 0 Å². The molecule has 1 rings (SSSR count). The summed E-state index contributed by atoms with van der Waals surface area (Å²) in [4.78, 5) is 11.2. The van der Waals surface area contributed by atoms with Gasteiger partial charge in [0, 0.05) is 5.02 Å². The predicted molar refractivity (Wildman–Crippen MR) is 63.4 cm³/mol. The van der Waals surface area contributed by atoms with E-state index in [2.05, 4.69) is 5.32 Å². The zero-order chi connectivity index (χ0) is 11.4. The highest BCUT2D eigenvalue weighted by Gasteiger charge is 2.12. The first kappa shape index (κ1) is 12.2. The van der Waals surface area contributed by atoms with Gasteiger partial charge in [0.1, 0.15) is 5.78 Å². The standard InChI is InChI=1S/C12H16ClNO/c1-8-6-10(4-5-11(8)13)7-12(14-3)9(2)15/h4-6,12,14H,7H2,1-3H3. The van der Waals surface area contributed by atoms with E-state index in [9.17, 15) is 4.79 Å². The maximum atomic E-state index is 11.2. The zero-order valence-corrected chi connectivity index (χ0v) is 10.1. The molecule has 2 nitrogen and oxygen atoms in total. The van der Waals surface area contributed by atoms with Gasteiger partial charge in [0.25, 0.3) is 0 Å². The van der Waals surface area contributed by atoms with Crippen molar-refractivity contribution in [3.05, 3.63) is 34.3 Å². The monoisotopic (exact) mass is 225 g/mol. The number of nitrogens with one attached hydrogen (secondary N) is 1. The molecule has 1 aromatic carbocycles.